The molecule has 0 saturated heterocycles. The van der Waals surface area contributed by atoms with E-state index in [1.165, 1.54) is 25.3 Å². The van der Waals surface area contributed by atoms with Crippen LogP contribution in [0.2, 0.25) is 0 Å². The molecule has 24 heavy (non-hydrogen) atoms. The maximum atomic E-state index is 12.1. The van der Waals surface area contributed by atoms with Crippen LogP contribution in [-0.2, 0) is 4.79 Å². The second-order valence-electron chi connectivity index (χ2n) is 6.02. The van der Waals surface area contributed by atoms with Crippen molar-refractivity contribution in [3.05, 3.63) is 24.3 Å². The van der Waals surface area contributed by atoms with E-state index in [0.29, 0.717) is 6.42 Å². The van der Waals surface area contributed by atoms with Gasteiger partial charge in [-0.2, -0.15) is 0 Å². The molecule has 0 atom stereocenters. The van der Waals surface area contributed by atoms with Crippen molar-refractivity contribution < 1.29 is 9.18 Å². The topological polar surface area (TPSA) is 23.6 Å². The maximum absolute atomic E-state index is 12.1. The van der Waals surface area contributed by atoms with Gasteiger partial charge in [-0.25, -0.2) is 4.39 Å². The SMILES string of the molecule is CCCCCN(CC/C=C\C=C/CF)CCCC(=O)N(CC)CC. The van der Waals surface area contributed by atoms with E-state index in [2.05, 4.69) is 17.9 Å². The third kappa shape index (κ3) is 12.3. The van der Waals surface area contributed by atoms with Crippen LogP contribution < -0.4 is 0 Å². The second kappa shape index (κ2) is 16.7. The van der Waals surface area contributed by atoms with Crippen molar-refractivity contribution in [2.24, 2.45) is 0 Å². The molecule has 4 heteroatoms. The van der Waals surface area contributed by atoms with Gasteiger partial charge in [-0.3, -0.25) is 4.79 Å². The molecule has 0 aromatic carbocycles. The molecule has 0 aliphatic heterocycles. The molecule has 0 N–H and O–H groups in total. The average Bonchev–Trinajstić information content (AvgIpc) is 2.58. The molecule has 3 nitrogen and oxygen atoms in total. The Morgan fingerprint density at radius 3 is 2.21 bits per heavy atom. The fourth-order valence-electron chi connectivity index (χ4n) is 2.67. The number of rotatable bonds is 15. The van der Waals surface area contributed by atoms with Gasteiger partial charge in [-0.05, 0) is 46.2 Å². The highest BCUT2D eigenvalue weighted by Gasteiger charge is 2.10. The monoisotopic (exact) mass is 340 g/mol. The molecule has 0 bridgehead atoms. The number of carbonyl (C=O) groups excluding carboxylic acids is 1. The van der Waals surface area contributed by atoms with Gasteiger partial charge in [0.2, 0.25) is 5.91 Å². The molecule has 0 unspecified atom stereocenters. The Bertz CT molecular complexity index is 352. The van der Waals surface area contributed by atoms with Crippen molar-refractivity contribution in [3.63, 3.8) is 0 Å². The number of halogens is 1. The Balaban J connectivity index is 4.17. The first kappa shape index (κ1) is 22.8. The number of hydrogen-bond acceptors (Lipinski definition) is 2. The van der Waals surface area contributed by atoms with Gasteiger partial charge in [0.25, 0.3) is 0 Å². The summed E-state index contributed by atoms with van der Waals surface area (Å²) in [5, 5.41) is 0. The van der Waals surface area contributed by atoms with E-state index in [1.807, 2.05) is 24.8 Å². The molecule has 0 fully saturated rings. The summed E-state index contributed by atoms with van der Waals surface area (Å²) in [7, 11) is 0. The average molecular weight is 341 g/mol. The van der Waals surface area contributed by atoms with Crippen LogP contribution in [0, 0.1) is 0 Å². The number of allylic oxidation sites excluding steroid dienone is 3. The highest BCUT2D eigenvalue weighted by molar-refractivity contribution is 5.76. The van der Waals surface area contributed by atoms with Crippen molar-refractivity contribution in [2.45, 2.75) is 59.3 Å². The molecule has 0 aromatic rings. The van der Waals surface area contributed by atoms with Crippen LogP contribution in [0.1, 0.15) is 59.3 Å². The number of unbranched alkanes of at least 4 members (excludes halogenated alkanes) is 2. The molecule has 0 aromatic heterocycles. The lowest BCUT2D eigenvalue weighted by atomic mass is 10.2. The summed E-state index contributed by atoms with van der Waals surface area (Å²) in [5.41, 5.74) is 0. The summed E-state index contributed by atoms with van der Waals surface area (Å²) in [6.07, 6.45) is 13.5. The van der Waals surface area contributed by atoms with Crippen molar-refractivity contribution in [3.8, 4) is 0 Å². The molecule has 0 saturated carbocycles. The lowest BCUT2D eigenvalue weighted by molar-refractivity contribution is -0.130. The van der Waals surface area contributed by atoms with E-state index in [1.54, 1.807) is 6.08 Å². The zero-order valence-electron chi connectivity index (χ0n) is 16.0. The fraction of sp³-hybridized carbons (Fsp3) is 0.750. The quantitative estimate of drug-likeness (QED) is 0.321. The van der Waals surface area contributed by atoms with Gasteiger partial charge in [0.05, 0.1) is 0 Å². The lowest BCUT2D eigenvalue weighted by Gasteiger charge is -2.23. The van der Waals surface area contributed by atoms with Gasteiger partial charge < -0.3 is 9.80 Å². The number of hydrogen-bond donors (Lipinski definition) is 0. The van der Waals surface area contributed by atoms with Crippen molar-refractivity contribution in [1.29, 1.82) is 0 Å². The smallest absolute Gasteiger partial charge is 0.222 e. The van der Waals surface area contributed by atoms with Crippen LogP contribution in [0.4, 0.5) is 4.39 Å². The summed E-state index contributed by atoms with van der Waals surface area (Å²) >= 11 is 0. The zero-order chi connectivity index (χ0) is 18.0. The molecule has 0 rings (SSSR count). The standard InChI is InChI=1S/C20H37FN2O/c1-4-7-12-17-22(18-13-10-8-9-11-16-21)19-14-15-20(24)23(5-2)6-3/h8-11H,4-7,12-19H2,1-3H3/b10-8-,11-9-. The van der Waals surface area contributed by atoms with Crippen LogP contribution in [0.3, 0.4) is 0 Å². The van der Waals surface area contributed by atoms with Crippen molar-refractivity contribution in [1.82, 2.24) is 9.80 Å². The molecule has 0 heterocycles. The van der Waals surface area contributed by atoms with E-state index >= 15 is 0 Å². The molecule has 0 aliphatic rings. The van der Waals surface area contributed by atoms with Crippen LogP contribution in [0.15, 0.2) is 24.3 Å². The molecule has 1 amide bonds. The number of alkyl halides is 1. The third-order valence-corrected chi connectivity index (χ3v) is 4.14. The van der Waals surface area contributed by atoms with Crippen LogP contribution in [-0.4, -0.2) is 55.1 Å². The summed E-state index contributed by atoms with van der Waals surface area (Å²) in [6, 6.07) is 0. The Morgan fingerprint density at radius 2 is 1.58 bits per heavy atom. The largest absolute Gasteiger partial charge is 0.343 e. The van der Waals surface area contributed by atoms with E-state index < -0.39 is 6.67 Å². The molecule has 0 radical (unpaired) electrons. The Hall–Kier alpha value is -1.16. The Morgan fingerprint density at radius 1 is 0.917 bits per heavy atom. The van der Waals surface area contributed by atoms with Gasteiger partial charge in [-0.15, -0.1) is 0 Å². The number of carbonyl (C=O) groups is 1. The third-order valence-electron chi connectivity index (χ3n) is 4.14. The summed E-state index contributed by atoms with van der Waals surface area (Å²) in [4.78, 5) is 16.4. The minimum atomic E-state index is -0.409. The van der Waals surface area contributed by atoms with E-state index in [9.17, 15) is 9.18 Å². The predicted molar refractivity (Wildman–Crippen MR) is 102 cm³/mol. The minimum Gasteiger partial charge on any atom is -0.343 e. The predicted octanol–water partition coefficient (Wildman–Crippen LogP) is 4.60. The summed E-state index contributed by atoms with van der Waals surface area (Å²) < 4.78 is 12.0. The van der Waals surface area contributed by atoms with Gasteiger partial charge in [0, 0.05) is 26.1 Å². The highest BCUT2D eigenvalue weighted by atomic mass is 19.1. The molecular weight excluding hydrogens is 303 g/mol. The maximum Gasteiger partial charge on any atom is 0.222 e. The minimum absolute atomic E-state index is 0.268. The first-order valence-electron chi connectivity index (χ1n) is 9.57. The zero-order valence-corrected chi connectivity index (χ0v) is 16.0. The first-order chi connectivity index (χ1) is 11.7. The van der Waals surface area contributed by atoms with Crippen LogP contribution >= 0.6 is 0 Å². The summed E-state index contributed by atoms with van der Waals surface area (Å²) in [5.74, 6) is 0.268. The molecule has 0 aliphatic carbocycles. The normalized spacial score (nSPS) is 11.9. The van der Waals surface area contributed by atoms with E-state index in [0.717, 1.165) is 45.6 Å². The van der Waals surface area contributed by atoms with Crippen LogP contribution in [0.5, 0.6) is 0 Å². The Kier molecular flexibility index (Phi) is 15.9. The molecular formula is C20H37FN2O. The van der Waals surface area contributed by atoms with E-state index in [4.69, 9.17) is 0 Å². The highest BCUT2D eigenvalue weighted by Crippen LogP contribution is 2.05. The molecule has 0 spiro atoms. The number of amides is 1. The second-order valence-corrected chi connectivity index (χ2v) is 6.02. The fourth-order valence-corrected chi connectivity index (χ4v) is 2.67. The van der Waals surface area contributed by atoms with Gasteiger partial charge in [-0.1, -0.05) is 44.1 Å². The van der Waals surface area contributed by atoms with Gasteiger partial charge in [0.15, 0.2) is 0 Å². The molecule has 140 valence electrons. The number of nitrogens with zero attached hydrogens (tertiary/aromatic N) is 2. The van der Waals surface area contributed by atoms with Gasteiger partial charge in [0.1, 0.15) is 6.67 Å². The Labute approximate surface area is 148 Å². The van der Waals surface area contributed by atoms with Crippen LogP contribution in [0.25, 0.3) is 0 Å². The summed E-state index contributed by atoms with van der Waals surface area (Å²) in [6.45, 7) is 10.5. The first-order valence-corrected chi connectivity index (χ1v) is 9.57. The van der Waals surface area contributed by atoms with Crippen molar-refractivity contribution in [2.75, 3.05) is 39.4 Å². The van der Waals surface area contributed by atoms with Gasteiger partial charge >= 0.3 is 0 Å². The van der Waals surface area contributed by atoms with E-state index in [-0.39, 0.29) is 5.91 Å². The van der Waals surface area contributed by atoms with Crippen molar-refractivity contribution >= 4 is 5.91 Å². The lowest BCUT2D eigenvalue weighted by Crippen LogP contribution is -2.32.